The minimum absolute atomic E-state index is 0.116. The van der Waals surface area contributed by atoms with Gasteiger partial charge in [-0.2, -0.15) is 4.72 Å². The molecule has 0 unspecified atom stereocenters. The molecule has 0 aromatic heterocycles. The number of ether oxygens (including phenoxy) is 1. The number of carbonyl (C=O) groups is 1. The van der Waals surface area contributed by atoms with Gasteiger partial charge in [0.05, 0.1) is 11.5 Å². The summed E-state index contributed by atoms with van der Waals surface area (Å²) >= 11 is 0. The maximum Gasteiger partial charge on any atom is 0.321 e. The van der Waals surface area contributed by atoms with Crippen LogP contribution in [0.15, 0.2) is 11.0 Å². The molecule has 0 fully saturated rings. The molecule has 1 aromatic carbocycles. The van der Waals surface area contributed by atoms with Crippen LogP contribution in [-0.4, -0.2) is 27.5 Å². The van der Waals surface area contributed by atoms with E-state index in [1.54, 1.807) is 26.8 Å². The zero-order chi connectivity index (χ0) is 15.5. The fourth-order valence-corrected chi connectivity index (χ4v) is 3.48. The molecular formula is C13H20N2O4S. The zero-order valence-electron chi connectivity index (χ0n) is 12.1. The third-order valence-electron chi connectivity index (χ3n) is 2.94. The third-order valence-corrected chi connectivity index (χ3v) is 4.63. The van der Waals surface area contributed by atoms with E-state index < -0.39 is 22.5 Å². The largest absolute Gasteiger partial charge is 0.465 e. The first-order chi connectivity index (χ1) is 9.20. The normalized spacial score (nSPS) is 11.4. The highest BCUT2D eigenvalue weighted by atomic mass is 32.2. The average molecular weight is 300 g/mol. The summed E-state index contributed by atoms with van der Waals surface area (Å²) in [7, 11) is -3.81. The molecule has 0 atom stereocenters. The molecule has 0 aliphatic heterocycles. The Labute approximate surface area is 119 Å². The molecule has 0 bridgehead atoms. The molecule has 0 aliphatic rings. The van der Waals surface area contributed by atoms with Crippen LogP contribution in [0.5, 0.6) is 0 Å². The molecule has 0 saturated carbocycles. The highest BCUT2D eigenvalue weighted by Crippen LogP contribution is 2.27. The minimum atomic E-state index is -3.81. The molecule has 0 saturated heterocycles. The summed E-state index contributed by atoms with van der Waals surface area (Å²) in [5.74, 6) is -0.619. The SMILES string of the molecule is CCOC(=O)CNS(=O)(=O)c1c(C)cc(C)c(N)c1C. The number of nitrogens with two attached hydrogens (primary N) is 1. The Morgan fingerprint density at radius 2 is 1.90 bits per heavy atom. The van der Waals surface area contributed by atoms with E-state index in [-0.39, 0.29) is 11.5 Å². The van der Waals surface area contributed by atoms with Crippen molar-refractivity contribution in [2.24, 2.45) is 0 Å². The molecule has 1 rings (SSSR count). The number of carbonyl (C=O) groups excluding carboxylic acids is 1. The second-order valence-corrected chi connectivity index (χ2v) is 6.21. The number of sulfonamides is 1. The van der Waals surface area contributed by atoms with E-state index in [1.807, 2.05) is 6.92 Å². The van der Waals surface area contributed by atoms with Crippen LogP contribution in [0.2, 0.25) is 0 Å². The van der Waals surface area contributed by atoms with E-state index in [9.17, 15) is 13.2 Å². The Morgan fingerprint density at radius 1 is 1.30 bits per heavy atom. The molecule has 0 amide bonds. The van der Waals surface area contributed by atoms with Crippen molar-refractivity contribution in [3.8, 4) is 0 Å². The van der Waals surface area contributed by atoms with Crippen molar-refractivity contribution in [3.63, 3.8) is 0 Å². The predicted octanol–water partition coefficient (Wildman–Crippen LogP) is 1.04. The molecular weight excluding hydrogens is 280 g/mol. The lowest BCUT2D eigenvalue weighted by Gasteiger charge is -2.15. The van der Waals surface area contributed by atoms with Crippen LogP contribution >= 0.6 is 0 Å². The molecule has 20 heavy (non-hydrogen) atoms. The number of nitrogen functional groups attached to an aromatic ring is 1. The Morgan fingerprint density at radius 3 is 2.45 bits per heavy atom. The summed E-state index contributed by atoms with van der Waals surface area (Å²) in [5, 5.41) is 0. The molecule has 6 nitrogen and oxygen atoms in total. The van der Waals surface area contributed by atoms with E-state index in [4.69, 9.17) is 5.73 Å². The summed E-state index contributed by atoms with van der Waals surface area (Å²) in [6.07, 6.45) is 0. The number of rotatable bonds is 5. The second kappa shape index (κ2) is 6.23. The molecule has 3 N–H and O–H groups in total. The van der Waals surface area contributed by atoms with Crippen LogP contribution in [-0.2, 0) is 19.6 Å². The number of esters is 1. The van der Waals surface area contributed by atoms with Gasteiger partial charge in [0, 0.05) is 5.69 Å². The van der Waals surface area contributed by atoms with Crippen LogP contribution in [0, 0.1) is 20.8 Å². The fourth-order valence-electron chi connectivity index (χ4n) is 2.03. The number of hydrogen-bond acceptors (Lipinski definition) is 5. The van der Waals surface area contributed by atoms with Crippen molar-refractivity contribution >= 4 is 21.7 Å². The molecule has 1 aromatic rings. The van der Waals surface area contributed by atoms with Gasteiger partial charge in [0.15, 0.2) is 0 Å². The Bertz CT molecular complexity index is 624. The average Bonchev–Trinajstić information content (AvgIpc) is 2.34. The molecule has 112 valence electrons. The number of hydrogen-bond donors (Lipinski definition) is 2. The predicted molar refractivity (Wildman–Crippen MR) is 76.9 cm³/mol. The van der Waals surface area contributed by atoms with E-state index in [2.05, 4.69) is 9.46 Å². The lowest BCUT2D eigenvalue weighted by atomic mass is 10.1. The topological polar surface area (TPSA) is 98.5 Å². The summed E-state index contributed by atoms with van der Waals surface area (Å²) in [4.78, 5) is 11.4. The van der Waals surface area contributed by atoms with Crippen LogP contribution in [0.3, 0.4) is 0 Å². The molecule has 7 heteroatoms. The van der Waals surface area contributed by atoms with Gasteiger partial charge in [0.2, 0.25) is 10.0 Å². The van der Waals surface area contributed by atoms with E-state index in [0.29, 0.717) is 16.8 Å². The second-order valence-electron chi connectivity index (χ2n) is 4.51. The first-order valence-electron chi connectivity index (χ1n) is 6.22. The first kappa shape index (κ1) is 16.5. The smallest absolute Gasteiger partial charge is 0.321 e. The third kappa shape index (κ3) is 3.49. The zero-order valence-corrected chi connectivity index (χ0v) is 12.9. The number of anilines is 1. The Hall–Kier alpha value is -1.60. The Balaban J connectivity index is 3.11. The first-order valence-corrected chi connectivity index (χ1v) is 7.70. The number of aryl methyl sites for hydroxylation is 2. The quantitative estimate of drug-likeness (QED) is 0.625. The van der Waals surface area contributed by atoms with E-state index >= 15 is 0 Å². The summed E-state index contributed by atoms with van der Waals surface area (Å²) < 4.78 is 31.5. The monoisotopic (exact) mass is 300 g/mol. The molecule has 0 aliphatic carbocycles. The van der Waals surface area contributed by atoms with Gasteiger partial charge in [-0.1, -0.05) is 6.07 Å². The van der Waals surface area contributed by atoms with Gasteiger partial charge in [-0.25, -0.2) is 8.42 Å². The molecule has 0 spiro atoms. The Kier molecular flexibility index (Phi) is 5.13. The van der Waals surface area contributed by atoms with Crippen molar-refractivity contribution in [2.45, 2.75) is 32.6 Å². The highest BCUT2D eigenvalue weighted by molar-refractivity contribution is 7.89. The van der Waals surface area contributed by atoms with Gasteiger partial charge in [0.1, 0.15) is 6.54 Å². The highest BCUT2D eigenvalue weighted by Gasteiger charge is 2.22. The summed E-state index contributed by atoms with van der Waals surface area (Å²) in [6.45, 7) is 6.62. The maximum absolute atomic E-state index is 12.3. The lowest BCUT2D eigenvalue weighted by molar-refractivity contribution is -0.141. The van der Waals surface area contributed by atoms with E-state index in [1.165, 1.54) is 0 Å². The van der Waals surface area contributed by atoms with Gasteiger partial charge in [-0.3, -0.25) is 4.79 Å². The lowest BCUT2D eigenvalue weighted by Crippen LogP contribution is -2.31. The van der Waals surface area contributed by atoms with Crippen LogP contribution < -0.4 is 10.5 Å². The van der Waals surface area contributed by atoms with Gasteiger partial charge in [0.25, 0.3) is 0 Å². The fraction of sp³-hybridized carbons (Fsp3) is 0.462. The molecule has 0 heterocycles. The van der Waals surface area contributed by atoms with Gasteiger partial charge < -0.3 is 10.5 Å². The van der Waals surface area contributed by atoms with Gasteiger partial charge in [-0.15, -0.1) is 0 Å². The van der Waals surface area contributed by atoms with Gasteiger partial charge >= 0.3 is 5.97 Å². The van der Waals surface area contributed by atoms with Crippen LogP contribution in [0.1, 0.15) is 23.6 Å². The summed E-state index contributed by atoms with van der Waals surface area (Å²) in [5.41, 5.74) is 8.20. The van der Waals surface area contributed by atoms with Crippen molar-refractivity contribution in [1.29, 1.82) is 0 Å². The minimum Gasteiger partial charge on any atom is -0.465 e. The van der Waals surface area contributed by atoms with Crippen LogP contribution in [0.25, 0.3) is 0 Å². The van der Waals surface area contributed by atoms with Crippen molar-refractivity contribution in [3.05, 3.63) is 22.8 Å². The van der Waals surface area contributed by atoms with Crippen molar-refractivity contribution in [2.75, 3.05) is 18.9 Å². The van der Waals surface area contributed by atoms with Crippen molar-refractivity contribution < 1.29 is 17.9 Å². The van der Waals surface area contributed by atoms with Gasteiger partial charge in [-0.05, 0) is 44.4 Å². The number of benzene rings is 1. The van der Waals surface area contributed by atoms with E-state index in [0.717, 1.165) is 5.56 Å². The summed E-state index contributed by atoms with van der Waals surface area (Å²) in [6, 6.07) is 1.71. The van der Waals surface area contributed by atoms with Crippen LogP contribution in [0.4, 0.5) is 5.69 Å². The standard InChI is InChI=1S/C13H20N2O4S/c1-5-19-11(16)7-15-20(17,18)13-9(3)6-8(2)12(14)10(13)4/h6,15H,5,7,14H2,1-4H3. The number of nitrogens with one attached hydrogen (secondary N) is 1. The van der Waals surface area contributed by atoms with Crippen molar-refractivity contribution in [1.82, 2.24) is 4.72 Å². The maximum atomic E-state index is 12.3. The molecule has 0 radical (unpaired) electrons.